The van der Waals surface area contributed by atoms with Crippen molar-refractivity contribution >= 4 is 17.6 Å². The minimum atomic E-state index is -0.460. The van der Waals surface area contributed by atoms with Gasteiger partial charge in [0.05, 0.1) is 12.1 Å². The van der Waals surface area contributed by atoms with E-state index in [0.29, 0.717) is 37.6 Å². The fraction of sp³-hybridized carbons (Fsp3) is 0.421. The van der Waals surface area contributed by atoms with Crippen molar-refractivity contribution in [1.82, 2.24) is 24.6 Å². The second-order valence-electron chi connectivity index (χ2n) is 6.71. The summed E-state index contributed by atoms with van der Waals surface area (Å²) < 4.78 is 1.57. The van der Waals surface area contributed by atoms with E-state index in [1.54, 1.807) is 60.3 Å². The standard InChI is InChI=1S/C19H23N7O2/c1-15(26-8-4-7-22-26)19(28)23(2)14-17(27)24-9-11-25(12-10-24)18-16(13-20)5-3-6-21-18/h3-8,15H,9-12,14H2,1-2H3. The Hall–Kier alpha value is -3.41. The molecule has 2 aromatic rings. The van der Waals surface area contributed by atoms with Gasteiger partial charge in [0.15, 0.2) is 0 Å². The summed E-state index contributed by atoms with van der Waals surface area (Å²) in [7, 11) is 1.63. The van der Waals surface area contributed by atoms with Gasteiger partial charge in [0.2, 0.25) is 11.8 Å². The minimum absolute atomic E-state index is 0.0253. The van der Waals surface area contributed by atoms with Gasteiger partial charge in [0.1, 0.15) is 17.9 Å². The van der Waals surface area contributed by atoms with Gasteiger partial charge in [-0.15, -0.1) is 0 Å². The molecule has 146 valence electrons. The van der Waals surface area contributed by atoms with Crippen molar-refractivity contribution in [1.29, 1.82) is 5.26 Å². The number of hydrogen-bond acceptors (Lipinski definition) is 6. The van der Waals surface area contributed by atoms with Crippen molar-refractivity contribution in [3.8, 4) is 6.07 Å². The van der Waals surface area contributed by atoms with E-state index in [2.05, 4.69) is 16.2 Å². The van der Waals surface area contributed by atoms with Crippen LogP contribution in [0.4, 0.5) is 5.82 Å². The summed E-state index contributed by atoms with van der Waals surface area (Å²) in [6, 6.07) is 6.92. The summed E-state index contributed by atoms with van der Waals surface area (Å²) in [6.07, 6.45) is 5.01. The predicted molar refractivity (Wildman–Crippen MR) is 102 cm³/mol. The molecule has 0 N–H and O–H groups in total. The van der Waals surface area contributed by atoms with Crippen molar-refractivity contribution in [2.75, 3.05) is 44.7 Å². The Labute approximate surface area is 163 Å². The van der Waals surface area contributed by atoms with Crippen LogP contribution in [-0.4, -0.2) is 76.2 Å². The second kappa shape index (κ2) is 8.52. The van der Waals surface area contributed by atoms with Gasteiger partial charge in [-0.1, -0.05) is 0 Å². The number of rotatable bonds is 5. The van der Waals surface area contributed by atoms with Crippen LogP contribution < -0.4 is 4.90 Å². The molecule has 1 unspecified atom stereocenters. The zero-order valence-corrected chi connectivity index (χ0v) is 16.0. The number of nitrogens with zero attached hydrogens (tertiary/aromatic N) is 7. The molecule has 1 atom stereocenters. The number of piperazine rings is 1. The summed E-state index contributed by atoms with van der Waals surface area (Å²) in [5.41, 5.74) is 0.528. The molecule has 2 amide bonds. The van der Waals surface area contributed by atoms with Gasteiger partial charge in [-0.2, -0.15) is 10.4 Å². The Morgan fingerprint density at radius 2 is 2.00 bits per heavy atom. The van der Waals surface area contributed by atoms with Crippen molar-refractivity contribution in [3.05, 3.63) is 42.4 Å². The molecule has 28 heavy (non-hydrogen) atoms. The smallest absolute Gasteiger partial charge is 0.247 e. The molecule has 1 fully saturated rings. The first kappa shape index (κ1) is 19.4. The van der Waals surface area contributed by atoms with E-state index in [0.717, 1.165) is 0 Å². The summed E-state index contributed by atoms with van der Waals surface area (Å²) in [6.45, 7) is 4.03. The lowest BCUT2D eigenvalue weighted by atomic mass is 10.2. The van der Waals surface area contributed by atoms with Gasteiger partial charge in [-0.05, 0) is 25.1 Å². The van der Waals surface area contributed by atoms with Crippen molar-refractivity contribution in [2.45, 2.75) is 13.0 Å². The number of pyridine rings is 1. The molecule has 9 heteroatoms. The maximum atomic E-state index is 12.6. The topological polar surface area (TPSA) is 98.4 Å². The van der Waals surface area contributed by atoms with Gasteiger partial charge in [0.25, 0.3) is 0 Å². The molecule has 0 aromatic carbocycles. The highest BCUT2D eigenvalue weighted by atomic mass is 16.2. The molecule has 0 spiro atoms. The third kappa shape index (κ3) is 4.11. The molecular formula is C19H23N7O2. The molecule has 1 saturated heterocycles. The fourth-order valence-electron chi connectivity index (χ4n) is 3.23. The number of likely N-dealkylation sites (N-methyl/N-ethyl adjacent to an activating group) is 1. The number of nitriles is 1. The molecule has 9 nitrogen and oxygen atoms in total. The fourth-order valence-corrected chi connectivity index (χ4v) is 3.23. The first-order valence-corrected chi connectivity index (χ1v) is 9.13. The number of carbonyl (C=O) groups is 2. The molecule has 0 saturated carbocycles. The Kier molecular flexibility index (Phi) is 5.89. The van der Waals surface area contributed by atoms with Crippen LogP contribution in [0, 0.1) is 11.3 Å². The van der Waals surface area contributed by atoms with Crippen LogP contribution in [0.25, 0.3) is 0 Å². The van der Waals surface area contributed by atoms with Crippen molar-refractivity contribution < 1.29 is 9.59 Å². The quantitative estimate of drug-likeness (QED) is 0.749. The minimum Gasteiger partial charge on any atom is -0.352 e. The Balaban J connectivity index is 1.54. The van der Waals surface area contributed by atoms with Crippen LogP contribution in [0.3, 0.4) is 0 Å². The molecule has 3 rings (SSSR count). The lowest BCUT2D eigenvalue weighted by molar-refractivity contribution is -0.141. The maximum Gasteiger partial charge on any atom is 0.247 e. The van der Waals surface area contributed by atoms with E-state index in [4.69, 9.17) is 0 Å². The number of hydrogen-bond donors (Lipinski definition) is 0. The van der Waals surface area contributed by atoms with E-state index >= 15 is 0 Å². The third-order valence-electron chi connectivity index (χ3n) is 4.87. The zero-order valence-electron chi connectivity index (χ0n) is 16.0. The normalized spacial score (nSPS) is 15.0. The Bertz CT molecular complexity index is 867. The molecule has 3 heterocycles. The SMILES string of the molecule is CC(C(=O)N(C)CC(=O)N1CCN(c2ncccc2C#N)CC1)n1cccn1. The average Bonchev–Trinajstić information content (AvgIpc) is 3.27. The number of amides is 2. The Morgan fingerprint density at radius 3 is 2.64 bits per heavy atom. The summed E-state index contributed by atoms with van der Waals surface area (Å²) in [5.74, 6) is 0.393. The van der Waals surface area contributed by atoms with Gasteiger partial charge in [-0.3, -0.25) is 14.3 Å². The van der Waals surface area contributed by atoms with E-state index in [1.807, 2.05) is 4.90 Å². The van der Waals surface area contributed by atoms with Gasteiger partial charge in [0, 0.05) is 51.8 Å². The first-order chi connectivity index (χ1) is 13.5. The molecular weight excluding hydrogens is 358 g/mol. The highest BCUT2D eigenvalue weighted by molar-refractivity contribution is 5.86. The monoisotopic (exact) mass is 381 g/mol. The number of anilines is 1. The first-order valence-electron chi connectivity index (χ1n) is 9.13. The van der Waals surface area contributed by atoms with Crippen LogP contribution in [0.1, 0.15) is 18.5 Å². The zero-order chi connectivity index (χ0) is 20.1. The van der Waals surface area contributed by atoms with E-state index in [9.17, 15) is 14.9 Å². The molecule has 2 aromatic heterocycles. The third-order valence-corrected chi connectivity index (χ3v) is 4.87. The van der Waals surface area contributed by atoms with Crippen LogP contribution in [0.15, 0.2) is 36.8 Å². The summed E-state index contributed by atoms with van der Waals surface area (Å²) >= 11 is 0. The van der Waals surface area contributed by atoms with Crippen molar-refractivity contribution in [3.63, 3.8) is 0 Å². The predicted octanol–water partition coefficient (Wildman–Crippen LogP) is 0.518. The highest BCUT2D eigenvalue weighted by Gasteiger charge is 2.26. The van der Waals surface area contributed by atoms with E-state index in [1.165, 1.54) is 4.90 Å². The Morgan fingerprint density at radius 1 is 1.25 bits per heavy atom. The van der Waals surface area contributed by atoms with Gasteiger partial charge in [-0.25, -0.2) is 4.98 Å². The van der Waals surface area contributed by atoms with Crippen LogP contribution in [0.5, 0.6) is 0 Å². The number of aromatic nitrogens is 3. The molecule has 1 aliphatic rings. The molecule has 1 aliphatic heterocycles. The highest BCUT2D eigenvalue weighted by Crippen LogP contribution is 2.18. The van der Waals surface area contributed by atoms with Crippen LogP contribution in [-0.2, 0) is 9.59 Å². The lowest BCUT2D eigenvalue weighted by Gasteiger charge is -2.36. The largest absolute Gasteiger partial charge is 0.352 e. The van der Waals surface area contributed by atoms with Crippen LogP contribution in [0.2, 0.25) is 0 Å². The van der Waals surface area contributed by atoms with E-state index < -0.39 is 6.04 Å². The van der Waals surface area contributed by atoms with Gasteiger partial charge < -0.3 is 14.7 Å². The average molecular weight is 381 g/mol. The molecule has 0 aliphatic carbocycles. The van der Waals surface area contributed by atoms with Crippen molar-refractivity contribution in [2.24, 2.45) is 0 Å². The maximum absolute atomic E-state index is 12.6. The van der Waals surface area contributed by atoms with E-state index in [-0.39, 0.29) is 18.4 Å². The van der Waals surface area contributed by atoms with Gasteiger partial charge >= 0.3 is 0 Å². The molecule has 0 radical (unpaired) electrons. The lowest BCUT2D eigenvalue weighted by Crippen LogP contribution is -2.52. The number of carbonyl (C=O) groups excluding carboxylic acids is 2. The summed E-state index contributed by atoms with van der Waals surface area (Å²) in [4.78, 5) is 34.6. The summed E-state index contributed by atoms with van der Waals surface area (Å²) in [5, 5.41) is 13.3. The van der Waals surface area contributed by atoms with Crippen LogP contribution >= 0.6 is 0 Å². The second-order valence-corrected chi connectivity index (χ2v) is 6.71. The molecule has 0 bridgehead atoms.